The molecule has 0 aromatic heterocycles. The minimum atomic E-state index is -1.45. The summed E-state index contributed by atoms with van der Waals surface area (Å²) in [7, 11) is 0. The fraction of sp³-hybridized carbons (Fsp3) is 0.364. The molecular weight excluding hydrogens is 208 g/mol. The van der Waals surface area contributed by atoms with Gasteiger partial charge in [0.05, 0.1) is 0 Å². The molecule has 16 heavy (non-hydrogen) atoms. The number of Topliss-reactive ketones (excluding diaryl/α,β-unsaturated/α-hetero) is 1. The Bertz CT molecular complexity index is 439. The maximum Gasteiger partial charge on any atom is 0.269 e. The van der Waals surface area contributed by atoms with Crippen LogP contribution in [0.15, 0.2) is 29.5 Å². The number of aryl methyl sites for hydroxylation is 1. The molecule has 0 fully saturated rings. The highest BCUT2D eigenvalue weighted by Gasteiger charge is 2.39. The van der Waals surface area contributed by atoms with Crippen LogP contribution >= 0.6 is 0 Å². The number of ketones is 1. The summed E-state index contributed by atoms with van der Waals surface area (Å²) < 4.78 is 1.33. The number of rotatable bonds is 2. The Labute approximate surface area is 92.9 Å². The fourth-order valence-corrected chi connectivity index (χ4v) is 1.59. The van der Waals surface area contributed by atoms with E-state index in [0.717, 1.165) is 5.56 Å². The summed E-state index contributed by atoms with van der Waals surface area (Å²) in [5.74, 6) is -0.248. The van der Waals surface area contributed by atoms with Crippen LogP contribution in [0.1, 0.15) is 12.5 Å². The molecular formula is C11H12N2O3. The summed E-state index contributed by atoms with van der Waals surface area (Å²) >= 11 is 0. The van der Waals surface area contributed by atoms with E-state index >= 15 is 0 Å². The van der Waals surface area contributed by atoms with E-state index in [4.69, 9.17) is 0 Å². The van der Waals surface area contributed by atoms with Crippen LogP contribution in [-0.2, 0) is 9.63 Å². The Morgan fingerprint density at radius 1 is 1.44 bits per heavy atom. The number of carbonyl (C=O) groups is 1. The molecule has 5 heteroatoms. The van der Waals surface area contributed by atoms with Gasteiger partial charge in [0.1, 0.15) is 6.29 Å². The van der Waals surface area contributed by atoms with E-state index in [1.54, 1.807) is 12.1 Å². The number of hydrogen-bond donors (Lipinski definition) is 0. The quantitative estimate of drug-likeness (QED) is 0.688. The average molecular weight is 220 g/mol. The Morgan fingerprint density at radius 2 is 2.06 bits per heavy atom. The van der Waals surface area contributed by atoms with Gasteiger partial charge in [0, 0.05) is 19.1 Å². The smallest absolute Gasteiger partial charge is 0.269 e. The lowest BCUT2D eigenvalue weighted by Gasteiger charge is -2.13. The van der Waals surface area contributed by atoms with Crippen LogP contribution in [0.2, 0.25) is 0 Å². The Balaban J connectivity index is 2.34. The second-order valence-electron chi connectivity index (χ2n) is 3.79. The van der Waals surface area contributed by atoms with Crippen LogP contribution < -0.4 is 5.11 Å². The van der Waals surface area contributed by atoms with Gasteiger partial charge in [-0.3, -0.25) is 4.79 Å². The Kier molecular flexibility index (Phi) is 2.70. The van der Waals surface area contributed by atoms with Crippen molar-refractivity contribution in [2.45, 2.75) is 26.2 Å². The molecule has 5 nitrogen and oxygen atoms in total. The molecule has 1 aliphatic rings. The monoisotopic (exact) mass is 220 g/mol. The highest BCUT2D eigenvalue weighted by molar-refractivity contribution is 5.80. The first-order valence-electron chi connectivity index (χ1n) is 4.98. The van der Waals surface area contributed by atoms with E-state index in [0.29, 0.717) is 5.69 Å². The lowest BCUT2D eigenvalue weighted by atomic mass is 10.1. The molecule has 0 bridgehead atoms. The summed E-state index contributed by atoms with van der Waals surface area (Å²) in [6, 6.07) is 6.51. The summed E-state index contributed by atoms with van der Waals surface area (Å²) in [5, 5.41) is 15.0. The third kappa shape index (κ3) is 1.81. The largest absolute Gasteiger partial charge is 0.814 e. The zero-order valence-corrected chi connectivity index (χ0v) is 9.08. The van der Waals surface area contributed by atoms with E-state index < -0.39 is 12.3 Å². The molecule has 2 atom stereocenters. The number of carbonyl (C=O) groups excluding carboxylic acids is 1. The van der Waals surface area contributed by atoms with Gasteiger partial charge in [-0.05, 0) is 11.6 Å². The molecule has 0 radical (unpaired) electrons. The molecule has 1 aliphatic heterocycles. The van der Waals surface area contributed by atoms with E-state index in [9.17, 15) is 9.90 Å². The van der Waals surface area contributed by atoms with Gasteiger partial charge in [0.25, 0.3) is 6.04 Å². The van der Waals surface area contributed by atoms with Gasteiger partial charge >= 0.3 is 0 Å². The maximum atomic E-state index is 11.4. The molecule has 2 rings (SSSR count). The van der Waals surface area contributed by atoms with Crippen LogP contribution in [0.3, 0.4) is 0 Å². The summed E-state index contributed by atoms with van der Waals surface area (Å²) in [5.41, 5.74) is 1.78. The van der Waals surface area contributed by atoms with Crippen LogP contribution in [0.5, 0.6) is 0 Å². The molecule has 1 heterocycles. The molecule has 0 spiro atoms. The molecule has 0 amide bonds. The van der Waals surface area contributed by atoms with Gasteiger partial charge in [-0.1, -0.05) is 17.7 Å². The molecule has 0 saturated heterocycles. The van der Waals surface area contributed by atoms with E-state index in [1.165, 1.54) is 11.6 Å². The molecule has 0 saturated carbocycles. The van der Waals surface area contributed by atoms with Crippen molar-refractivity contribution in [3.63, 3.8) is 0 Å². The van der Waals surface area contributed by atoms with E-state index in [1.807, 2.05) is 19.1 Å². The second kappa shape index (κ2) is 4.02. The zero-order chi connectivity index (χ0) is 11.7. The lowest BCUT2D eigenvalue weighted by Crippen LogP contribution is -2.44. The van der Waals surface area contributed by atoms with Crippen LogP contribution in [0.25, 0.3) is 0 Å². The maximum absolute atomic E-state index is 11.4. The highest BCUT2D eigenvalue weighted by atomic mass is 16.7. The van der Waals surface area contributed by atoms with Crippen molar-refractivity contribution in [1.82, 2.24) is 0 Å². The molecule has 1 aromatic rings. The van der Waals surface area contributed by atoms with Crippen molar-refractivity contribution >= 4 is 11.5 Å². The molecule has 2 unspecified atom stereocenters. The molecule has 84 valence electrons. The first-order valence-corrected chi connectivity index (χ1v) is 4.98. The lowest BCUT2D eigenvalue weighted by molar-refractivity contribution is -0.561. The molecule has 0 N–H and O–H groups in total. The summed E-state index contributed by atoms with van der Waals surface area (Å²) in [6.07, 6.45) is -1.45. The van der Waals surface area contributed by atoms with Crippen LogP contribution in [0.4, 0.5) is 5.69 Å². The Hall–Kier alpha value is -1.75. The van der Waals surface area contributed by atoms with E-state index in [2.05, 4.69) is 10.1 Å². The number of hydrogen-bond acceptors (Lipinski definition) is 4. The number of benzene rings is 1. The third-order valence-corrected chi connectivity index (χ3v) is 2.48. The van der Waals surface area contributed by atoms with Gasteiger partial charge in [0.15, 0.2) is 5.28 Å². The van der Waals surface area contributed by atoms with Gasteiger partial charge in [-0.2, -0.15) is 0 Å². The third-order valence-electron chi connectivity index (χ3n) is 2.48. The minimum Gasteiger partial charge on any atom is -0.814 e. The van der Waals surface area contributed by atoms with E-state index in [-0.39, 0.29) is 5.78 Å². The van der Waals surface area contributed by atoms with Crippen molar-refractivity contribution < 1.29 is 19.4 Å². The summed E-state index contributed by atoms with van der Waals surface area (Å²) in [4.78, 5) is 15.9. The molecule has 0 aliphatic carbocycles. The van der Waals surface area contributed by atoms with Gasteiger partial charge in [0.2, 0.25) is 11.5 Å². The zero-order valence-electron chi connectivity index (χ0n) is 9.08. The minimum absolute atomic E-state index is 0.248. The van der Waals surface area contributed by atoms with Crippen molar-refractivity contribution in [2.24, 2.45) is 5.28 Å². The van der Waals surface area contributed by atoms with Crippen molar-refractivity contribution in [2.75, 3.05) is 0 Å². The van der Waals surface area contributed by atoms with Crippen molar-refractivity contribution in [1.29, 1.82) is 0 Å². The normalized spacial score (nSPS) is 23.8. The highest BCUT2D eigenvalue weighted by Crippen LogP contribution is 2.22. The average Bonchev–Trinajstić information content (AvgIpc) is 2.61. The predicted molar refractivity (Wildman–Crippen MR) is 52.9 cm³/mol. The Morgan fingerprint density at radius 3 is 2.62 bits per heavy atom. The first-order chi connectivity index (χ1) is 7.59. The second-order valence-corrected chi connectivity index (χ2v) is 3.79. The fourth-order valence-electron chi connectivity index (χ4n) is 1.59. The first kappa shape index (κ1) is 10.8. The van der Waals surface area contributed by atoms with Crippen LogP contribution in [-0.4, -0.2) is 22.8 Å². The van der Waals surface area contributed by atoms with Gasteiger partial charge in [-0.25, -0.2) is 0 Å². The topological polar surface area (TPSA) is 64.7 Å². The SMILES string of the molecule is CC(=O)C1C([O-])ON=[N+]1c1ccc(C)cc1. The molecule has 1 aromatic carbocycles. The van der Waals surface area contributed by atoms with Gasteiger partial charge in [-0.15, -0.1) is 0 Å². The van der Waals surface area contributed by atoms with Gasteiger partial charge < -0.3 is 9.94 Å². The van der Waals surface area contributed by atoms with Crippen LogP contribution in [0, 0.1) is 6.92 Å². The standard InChI is InChI=1S/C11H12N2O3/c1-7-3-5-9(6-4-7)13-10(8(2)14)11(15)16-12-13/h3-6,10-11H,1-2H3. The number of nitrogens with zero attached hydrogens (tertiary/aromatic N) is 2. The van der Waals surface area contributed by atoms with Crippen molar-refractivity contribution in [3.05, 3.63) is 29.8 Å². The predicted octanol–water partition coefficient (Wildman–Crippen LogP) is 0.680. The van der Waals surface area contributed by atoms with Crippen molar-refractivity contribution in [3.8, 4) is 0 Å². The summed E-state index contributed by atoms with van der Waals surface area (Å²) in [6.45, 7) is 3.32.